The molecule has 4 heteroatoms. The highest BCUT2D eigenvalue weighted by Crippen LogP contribution is 2.11. The minimum absolute atomic E-state index is 0.227. The third-order valence-corrected chi connectivity index (χ3v) is 1.82. The van der Waals surface area contributed by atoms with E-state index in [2.05, 4.69) is 10.3 Å². The summed E-state index contributed by atoms with van der Waals surface area (Å²) in [4.78, 5) is 3.57. The van der Waals surface area contributed by atoms with Gasteiger partial charge in [0.1, 0.15) is 0 Å². The van der Waals surface area contributed by atoms with Crippen LogP contribution in [0.4, 0.5) is 4.53 Å². The maximum atomic E-state index is 11.7. The monoisotopic (exact) mass is 199 g/mol. The van der Waals surface area contributed by atoms with Crippen molar-refractivity contribution in [2.24, 2.45) is 0 Å². The van der Waals surface area contributed by atoms with E-state index in [0.29, 0.717) is 6.61 Å². The van der Waals surface area contributed by atoms with Gasteiger partial charge in [-0.1, -0.05) is 12.1 Å². The molecule has 1 rings (SSSR count). The third kappa shape index (κ3) is 3.72. The van der Waals surface area contributed by atoms with Gasteiger partial charge in [-0.15, -0.1) is 0 Å². The Morgan fingerprint density at radius 1 is 1.29 bits per heavy atom. The average molecular weight is 199 g/mol. The van der Waals surface area contributed by atoms with Crippen LogP contribution in [0.2, 0.25) is 0 Å². The Labute approximate surface area is 82.7 Å². The van der Waals surface area contributed by atoms with E-state index >= 15 is 0 Å². The molecule has 0 aliphatic carbocycles. The molecule has 3 nitrogen and oxygen atoms in total. The summed E-state index contributed by atoms with van der Waals surface area (Å²) in [5.74, 6) is 0.227. The van der Waals surface area contributed by atoms with E-state index in [-0.39, 0.29) is 5.75 Å². The van der Waals surface area contributed by atoms with E-state index in [1.54, 1.807) is 19.2 Å². The zero-order valence-corrected chi connectivity index (χ0v) is 8.13. The number of hydrogen-bond acceptors (Lipinski definition) is 3. The molecule has 0 spiro atoms. The lowest BCUT2D eigenvalue weighted by molar-refractivity contribution is -0.00622. The van der Waals surface area contributed by atoms with Gasteiger partial charge in [0, 0.05) is 24.7 Å². The van der Waals surface area contributed by atoms with Crippen molar-refractivity contribution in [2.75, 3.05) is 20.3 Å². The molecule has 0 aromatic heterocycles. The van der Waals surface area contributed by atoms with Crippen LogP contribution in [0.1, 0.15) is 5.56 Å². The lowest BCUT2D eigenvalue weighted by Crippen LogP contribution is -2.18. The van der Waals surface area contributed by atoms with E-state index in [9.17, 15) is 4.53 Å². The fourth-order valence-corrected chi connectivity index (χ4v) is 1.07. The van der Waals surface area contributed by atoms with Crippen LogP contribution in [0.25, 0.3) is 0 Å². The molecule has 78 valence electrons. The first-order valence-corrected chi connectivity index (χ1v) is 4.44. The maximum Gasteiger partial charge on any atom is 0.171 e. The Kier molecular flexibility index (Phi) is 4.96. The van der Waals surface area contributed by atoms with Crippen molar-refractivity contribution in [3.63, 3.8) is 0 Å². The highest BCUT2D eigenvalue weighted by Gasteiger charge is 1.94. The summed E-state index contributed by atoms with van der Waals surface area (Å²) in [5.41, 5.74) is 1.09. The van der Waals surface area contributed by atoms with Gasteiger partial charge in [0.05, 0.1) is 6.61 Å². The Balaban J connectivity index is 2.29. The first-order chi connectivity index (χ1) is 6.86. The quantitative estimate of drug-likeness (QED) is 0.707. The Bertz CT molecular complexity index is 251. The molecule has 14 heavy (non-hydrogen) atoms. The van der Waals surface area contributed by atoms with Crippen LogP contribution >= 0.6 is 0 Å². The Morgan fingerprint density at radius 2 is 2.00 bits per heavy atom. The third-order valence-electron chi connectivity index (χ3n) is 1.82. The van der Waals surface area contributed by atoms with Gasteiger partial charge in [-0.05, 0) is 17.7 Å². The van der Waals surface area contributed by atoms with Crippen molar-refractivity contribution in [1.82, 2.24) is 5.32 Å². The van der Waals surface area contributed by atoms with Crippen LogP contribution in [-0.2, 0) is 11.3 Å². The van der Waals surface area contributed by atoms with E-state index in [1.165, 1.54) is 0 Å². The average Bonchev–Trinajstić information content (AvgIpc) is 2.25. The number of hydrogen-bond donors (Lipinski definition) is 1. The number of methoxy groups -OCH3 is 1. The Morgan fingerprint density at radius 3 is 2.57 bits per heavy atom. The summed E-state index contributed by atoms with van der Waals surface area (Å²) in [7, 11) is 1.66. The standard InChI is InChI=1S/C10H14FNO2/c1-13-7-6-12-8-9-2-4-10(14-11)5-3-9/h2-5,12H,6-8H2,1H3. The molecule has 0 fully saturated rings. The van der Waals surface area contributed by atoms with Gasteiger partial charge in [-0.2, -0.15) is 0 Å². The van der Waals surface area contributed by atoms with Gasteiger partial charge in [0.25, 0.3) is 0 Å². The van der Waals surface area contributed by atoms with Crippen molar-refractivity contribution < 1.29 is 14.2 Å². The van der Waals surface area contributed by atoms with Crippen LogP contribution in [-0.4, -0.2) is 20.3 Å². The number of halogens is 1. The summed E-state index contributed by atoms with van der Waals surface area (Å²) in [6.45, 7) is 2.24. The van der Waals surface area contributed by atoms with Crippen LogP contribution in [0.5, 0.6) is 5.75 Å². The summed E-state index contributed by atoms with van der Waals surface area (Å²) < 4.78 is 16.6. The predicted octanol–water partition coefficient (Wildman–Crippen LogP) is 1.69. The van der Waals surface area contributed by atoms with Crippen molar-refractivity contribution in [3.05, 3.63) is 29.8 Å². The van der Waals surface area contributed by atoms with E-state index in [1.807, 2.05) is 12.1 Å². The lowest BCUT2D eigenvalue weighted by Gasteiger charge is -2.04. The summed E-state index contributed by atoms with van der Waals surface area (Å²) in [6, 6.07) is 6.81. The molecule has 0 amide bonds. The van der Waals surface area contributed by atoms with Gasteiger partial charge < -0.3 is 10.1 Å². The van der Waals surface area contributed by atoms with Crippen LogP contribution < -0.4 is 10.3 Å². The molecule has 1 N–H and O–H groups in total. The SMILES string of the molecule is COCCNCc1ccc(OF)cc1. The zero-order valence-electron chi connectivity index (χ0n) is 8.13. The number of benzene rings is 1. The molecule has 0 radical (unpaired) electrons. The van der Waals surface area contributed by atoms with Crippen molar-refractivity contribution in [1.29, 1.82) is 0 Å². The fraction of sp³-hybridized carbons (Fsp3) is 0.400. The summed E-state index contributed by atoms with van der Waals surface area (Å²) >= 11 is 0. The molecule has 0 aliphatic heterocycles. The molecule has 0 unspecified atom stereocenters. The zero-order chi connectivity index (χ0) is 10.2. The normalized spacial score (nSPS) is 10.1. The molecule has 1 aromatic carbocycles. The minimum Gasteiger partial charge on any atom is -0.383 e. The fourth-order valence-electron chi connectivity index (χ4n) is 1.07. The number of nitrogens with one attached hydrogen (secondary N) is 1. The second-order valence-electron chi connectivity index (χ2n) is 2.89. The first-order valence-electron chi connectivity index (χ1n) is 4.44. The predicted molar refractivity (Wildman–Crippen MR) is 51.8 cm³/mol. The molecule has 0 saturated heterocycles. The summed E-state index contributed by atoms with van der Waals surface area (Å²) in [5, 5.41) is 3.18. The number of ether oxygens (including phenoxy) is 1. The van der Waals surface area contributed by atoms with E-state index < -0.39 is 0 Å². The van der Waals surface area contributed by atoms with Gasteiger partial charge in [-0.3, -0.25) is 4.94 Å². The second-order valence-corrected chi connectivity index (χ2v) is 2.89. The number of rotatable bonds is 6. The van der Waals surface area contributed by atoms with Crippen molar-refractivity contribution in [2.45, 2.75) is 6.54 Å². The largest absolute Gasteiger partial charge is 0.383 e. The van der Waals surface area contributed by atoms with Crippen LogP contribution in [0.15, 0.2) is 24.3 Å². The topological polar surface area (TPSA) is 30.5 Å². The highest BCUT2D eigenvalue weighted by atomic mass is 19.3. The Hall–Kier alpha value is -1.13. The van der Waals surface area contributed by atoms with Crippen molar-refractivity contribution >= 4 is 0 Å². The van der Waals surface area contributed by atoms with E-state index in [0.717, 1.165) is 18.7 Å². The highest BCUT2D eigenvalue weighted by molar-refractivity contribution is 5.26. The van der Waals surface area contributed by atoms with Gasteiger partial charge in [-0.25, -0.2) is 0 Å². The molecule has 1 aromatic rings. The van der Waals surface area contributed by atoms with Gasteiger partial charge in [0.15, 0.2) is 5.75 Å². The van der Waals surface area contributed by atoms with E-state index in [4.69, 9.17) is 4.74 Å². The molecule has 0 aliphatic rings. The van der Waals surface area contributed by atoms with Crippen LogP contribution in [0, 0.1) is 0 Å². The minimum atomic E-state index is 0.227. The smallest absolute Gasteiger partial charge is 0.171 e. The lowest BCUT2D eigenvalue weighted by atomic mass is 10.2. The molecule has 0 saturated carbocycles. The van der Waals surface area contributed by atoms with Crippen LogP contribution in [0.3, 0.4) is 0 Å². The molecule has 0 atom stereocenters. The molecular formula is C10H14FNO2. The van der Waals surface area contributed by atoms with Crippen molar-refractivity contribution in [3.8, 4) is 5.75 Å². The molecule has 0 bridgehead atoms. The molecular weight excluding hydrogens is 185 g/mol. The van der Waals surface area contributed by atoms with Gasteiger partial charge >= 0.3 is 0 Å². The maximum absolute atomic E-state index is 11.7. The molecule has 0 heterocycles. The van der Waals surface area contributed by atoms with Gasteiger partial charge in [0.2, 0.25) is 0 Å². The second kappa shape index (κ2) is 6.34. The summed E-state index contributed by atoms with van der Waals surface area (Å²) in [6.07, 6.45) is 0. The first kappa shape index (κ1) is 10.9.